The molecule has 14 heavy (non-hydrogen) atoms. The third kappa shape index (κ3) is 2.96. The molecule has 0 aromatic heterocycles. The molecular weight excluding hydrogens is 172 g/mol. The molecule has 1 rings (SSSR count). The molecule has 0 spiro atoms. The molecule has 2 N–H and O–H groups in total. The maximum Gasteiger partial charge on any atom is 0.0170 e. The number of piperidine rings is 1. The highest BCUT2D eigenvalue weighted by Gasteiger charge is 2.41. The van der Waals surface area contributed by atoms with Crippen LogP contribution >= 0.6 is 0 Å². The van der Waals surface area contributed by atoms with Gasteiger partial charge in [0.2, 0.25) is 0 Å². The van der Waals surface area contributed by atoms with Crippen molar-refractivity contribution in [1.82, 2.24) is 4.90 Å². The lowest BCUT2D eigenvalue weighted by molar-refractivity contribution is -0.0111. The fraction of sp³-hybridized carbons (Fsp3) is 1.00. The molecule has 2 nitrogen and oxygen atoms in total. The van der Waals surface area contributed by atoms with E-state index in [1.54, 1.807) is 0 Å². The zero-order valence-electron chi connectivity index (χ0n) is 9.02. The van der Waals surface area contributed by atoms with E-state index >= 15 is 0 Å². The van der Waals surface area contributed by atoms with Crippen molar-refractivity contribution in [3.63, 3.8) is 0 Å². The van der Waals surface area contributed by atoms with Gasteiger partial charge in [0.1, 0.15) is 0 Å². The molecule has 1 saturated heterocycles. The Kier molecular flexibility index (Phi) is 5.40. The molecule has 0 unspecified atom stereocenters. The average molecular weight is 202 g/mol. The maximum atomic E-state index is 6.02. The minimum atomic E-state index is 0. The van der Waals surface area contributed by atoms with Gasteiger partial charge in [-0.25, -0.2) is 0 Å². The smallest absolute Gasteiger partial charge is 0.0170 e. The second-order valence-electron chi connectivity index (χ2n) is 5.35. The first kappa shape index (κ1) is 16.4. The van der Waals surface area contributed by atoms with Crippen LogP contribution < -0.4 is 5.73 Å². The van der Waals surface area contributed by atoms with E-state index in [2.05, 4.69) is 39.6 Å². The lowest BCUT2D eigenvalue weighted by Crippen LogP contribution is -2.61. The quantitative estimate of drug-likeness (QED) is 0.654. The second kappa shape index (κ2) is 4.63. The van der Waals surface area contributed by atoms with Crippen molar-refractivity contribution in [3.8, 4) is 0 Å². The second-order valence-corrected chi connectivity index (χ2v) is 5.35. The Morgan fingerprint density at radius 1 is 1.00 bits per heavy atom. The van der Waals surface area contributed by atoms with Gasteiger partial charge in [-0.05, 0) is 47.6 Å². The van der Waals surface area contributed by atoms with Crippen LogP contribution in [0.25, 0.3) is 0 Å². The van der Waals surface area contributed by atoms with E-state index in [-0.39, 0.29) is 25.9 Å². The summed E-state index contributed by atoms with van der Waals surface area (Å²) >= 11 is 0. The van der Waals surface area contributed by atoms with Gasteiger partial charge in [0, 0.05) is 17.1 Å². The molecule has 0 aliphatic carbocycles. The first-order valence-electron chi connectivity index (χ1n) is 4.75. The van der Waals surface area contributed by atoms with Gasteiger partial charge in [0.05, 0.1) is 0 Å². The Morgan fingerprint density at radius 2 is 1.29 bits per heavy atom. The zero-order chi connectivity index (χ0) is 9.57. The van der Waals surface area contributed by atoms with Crippen LogP contribution in [0.2, 0.25) is 0 Å². The Balaban J connectivity index is 0. The van der Waals surface area contributed by atoms with E-state index < -0.39 is 0 Å². The van der Waals surface area contributed by atoms with Gasteiger partial charge in [-0.15, -0.1) is 0 Å². The first-order valence-corrected chi connectivity index (χ1v) is 4.75. The van der Waals surface area contributed by atoms with E-state index in [4.69, 9.17) is 5.73 Å². The Bertz CT molecular complexity index is 155. The van der Waals surface area contributed by atoms with E-state index in [1.165, 1.54) is 0 Å². The van der Waals surface area contributed by atoms with E-state index in [0.717, 1.165) is 12.8 Å². The van der Waals surface area contributed by atoms with Gasteiger partial charge in [-0.2, -0.15) is 0 Å². The molecule has 1 heterocycles. The number of hydrogen-bond donors (Lipinski definition) is 1. The Labute approximate surface area is 90.9 Å². The van der Waals surface area contributed by atoms with Crippen molar-refractivity contribution in [1.29, 1.82) is 0 Å². The fourth-order valence-electron chi connectivity index (χ4n) is 2.45. The van der Waals surface area contributed by atoms with E-state index in [0.29, 0.717) is 6.04 Å². The SMILES string of the molecule is C.C.CN1C(C)(C)CC(N)CC1(C)C. The van der Waals surface area contributed by atoms with Crippen molar-refractivity contribution in [2.75, 3.05) is 7.05 Å². The molecule has 1 aliphatic rings. The largest absolute Gasteiger partial charge is 0.328 e. The molecule has 0 amide bonds. The summed E-state index contributed by atoms with van der Waals surface area (Å²) in [4.78, 5) is 2.45. The molecule has 1 fully saturated rings. The van der Waals surface area contributed by atoms with Crippen molar-refractivity contribution < 1.29 is 0 Å². The minimum absolute atomic E-state index is 0. The summed E-state index contributed by atoms with van der Waals surface area (Å²) in [5.41, 5.74) is 6.52. The number of likely N-dealkylation sites (tertiary alicyclic amines) is 1. The fourth-order valence-corrected chi connectivity index (χ4v) is 2.45. The molecule has 2 heteroatoms. The van der Waals surface area contributed by atoms with Crippen LogP contribution in [-0.4, -0.2) is 29.1 Å². The summed E-state index contributed by atoms with van der Waals surface area (Å²) in [5.74, 6) is 0. The van der Waals surface area contributed by atoms with Crippen LogP contribution in [0.1, 0.15) is 55.4 Å². The standard InChI is InChI=1S/C10H22N2.2CH4/c1-9(2)6-8(11)7-10(3,4)12(9)5;;/h8H,6-7,11H2,1-5H3;2*1H4. The molecule has 0 atom stereocenters. The summed E-state index contributed by atoms with van der Waals surface area (Å²) in [7, 11) is 2.20. The Morgan fingerprint density at radius 3 is 1.57 bits per heavy atom. The Hall–Kier alpha value is -0.0800. The molecule has 0 aromatic rings. The lowest BCUT2D eigenvalue weighted by atomic mass is 9.78. The molecule has 0 aromatic carbocycles. The van der Waals surface area contributed by atoms with Crippen molar-refractivity contribution in [3.05, 3.63) is 0 Å². The average Bonchev–Trinajstić information content (AvgIpc) is 1.80. The third-order valence-electron chi connectivity index (χ3n) is 3.34. The number of nitrogens with two attached hydrogens (primary N) is 1. The van der Waals surface area contributed by atoms with Crippen molar-refractivity contribution in [2.45, 2.75) is 72.5 Å². The predicted molar refractivity (Wildman–Crippen MR) is 66.6 cm³/mol. The van der Waals surface area contributed by atoms with Crippen molar-refractivity contribution >= 4 is 0 Å². The van der Waals surface area contributed by atoms with Crippen LogP contribution in [0.5, 0.6) is 0 Å². The monoisotopic (exact) mass is 202 g/mol. The normalized spacial score (nSPS) is 26.1. The zero-order valence-corrected chi connectivity index (χ0v) is 9.02. The van der Waals surface area contributed by atoms with Gasteiger partial charge >= 0.3 is 0 Å². The predicted octanol–water partition coefficient (Wildman–Crippen LogP) is 2.87. The van der Waals surface area contributed by atoms with Gasteiger partial charge < -0.3 is 5.73 Å². The first-order chi connectivity index (χ1) is 5.26. The molecule has 0 saturated carbocycles. The highest BCUT2D eigenvalue weighted by molar-refractivity contribution is 4.99. The highest BCUT2D eigenvalue weighted by atomic mass is 15.2. The summed E-state index contributed by atoms with van der Waals surface area (Å²) in [5, 5.41) is 0. The van der Waals surface area contributed by atoms with Crippen LogP contribution in [0.15, 0.2) is 0 Å². The van der Waals surface area contributed by atoms with Gasteiger partial charge in [-0.3, -0.25) is 4.90 Å². The maximum absolute atomic E-state index is 6.02. The van der Waals surface area contributed by atoms with E-state index in [9.17, 15) is 0 Å². The molecule has 88 valence electrons. The van der Waals surface area contributed by atoms with Crippen LogP contribution in [0, 0.1) is 0 Å². The van der Waals surface area contributed by atoms with Crippen molar-refractivity contribution in [2.24, 2.45) is 5.73 Å². The summed E-state index contributed by atoms with van der Waals surface area (Å²) < 4.78 is 0. The minimum Gasteiger partial charge on any atom is -0.328 e. The van der Waals surface area contributed by atoms with Gasteiger partial charge in [0.15, 0.2) is 0 Å². The van der Waals surface area contributed by atoms with Crippen LogP contribution in [0.4, 0.5) is 0 Å². The molecule has 0 bridgehead atoms. The topological polar surface area (TPSA) is 29.3 Å². The number of rotatable bonds is 0. The highest BCUT2D eigenvalue weighted by Crippen LogP contribution is 2.35. The van der Waals surface area contributed by atoms with E-state index in [1.807, 2.05) is 0 Å². The number of nitrogens with zero attached hydrogens (tertiary/aromatic N) is 1. The molecular formula is C12H30N2. The molecule has 0 radical (unpaired) electrons. The summed E-state index contributed by atoms with van der Waals surface area (Å²) in [6.07, 6.45) is 2.21. The van der Waals surface area contributed by atoms with Gasteiger partial charge in [0.25, 0.3) is 0 Å². The number of hydrogen-bond acceptors (Lipinski definition) is 2. The lowest BCUT2D eigenvalue weighted by Gasteiger charge is -2.53. The summed E-state index contributed by atoms with van der Waals surface area (Å²) in [6.45, 7) is 9.09. The van der Waals surface area contributed by atoms with Gasteiger partial charge in [-0.1, -0.05) is 14.9 Å². The van der Waals surface area contributed by atoms with Crippen LogP contribution in [0.3, 0.4) is 0 Å². The van der Waals surface area contributed by atoms with Crippen LogP contribution in [-0.2, 0) is 0 Å². The molecule has 1 aliphatic heterocycles. The summed E-state index contributed by atoms with van der Waals surface area (Å²) in [6, 6.07) is 0.367. The third-order valence-corrected chi connectivity index (χ3v) is 3.34.